The minimum atomic E-state index is 0.987. The Hall–Kier alpha value is -1.55. The molecule has 0 atom stereocenters. The van der Waals surface area contributed by atoms with Crippen LogP contribution in [0.25, 0.3) is 21.8 Å². The van der Waals surface area contributed by atoms with Crippen molar-refractivity contribution in [3.8, 4) is 0 Å². The van der Waals surface area contributed by atoms with Crippen LogP contribution in [0, 0.1) is 0 Å². The molecule has 1 aromatic carbocycles. The van der Waals surface area contributed by atoms with Gasteiger partial charge in [-0.3, -0.25) is 9.67 Å². The number of nitrogens with zero attached hydrogens (tertiary/aromatic N) is 3. The van der Waals surface area contributed by atoms with E-state index in [0.29, 0.717) is 0 Å². The monoisotopic (exact) mass is 313 g/mol. The van der Waals surface area contributed by atoms with Crippen molar-refractivity contribution in [3.63, 3.8) is 0 Å². The van der Waals surface area contributed by atoms with Crippen LogP contribution in [0.1, 0.15) is 31.9 Å². The Morgan fingerprint density at radius 3 is 2.82 bits per heavy atom. The largest absolute Gasteiger partial charge is 0.268 e. The molecule has 0 saturated heterocycles. The fraction of sp³-hybridized carbons (Fsp3) is 0.444. The standard InChI is InChI=1S/C18H23N3S/c1-3-11-21-17(10-6-7-12-22-2)18-14-8-4-5-9-15(14)19-13-16(18)20-21/h4-5,8-9,13H,3,6-7,10-12H2,1-2H3. The van der Waals surface area contributed by atoms with Crippen LogP contribution in [0.3, 0.4) is 0 Å². The van der Waals surface area contributed by atoms with Crippen molar-refractivity contribution in [2.24, 2.45) is 0 Å². The third kappa shape index (κ3) is 2.98. The Bertz CT molecular complexity index is 763. The van der Waals surface area contributed by atoms with Crippen molar-refractivity contribution >= 4 is 33.6 Å². The molecule has 0 aliphatic rings. The lowest BCUT2D eigenvalue weighted by molar-refractivity contribution is 0.571. The van der Waals surface area contributed by atoms with Crippen LogP contribution in [-0.2, 0) is 13.0 Å². The summed E-state index contributed by atoms with van der Waals surface area (Å²) in [5.41, 5.74) is 3.49. The molecule has 0 spiro atoms. The quantitative estimate of drug-likeness (QED) is 0.593. The predicted molar refractivity (Wildman–Crippen MR) is 96.6 cm³/mol. The van der Waals surface area contributed by atoms with E-state index in [4.69, 9.17) is 5.10 Å². The van der Waals surface area contributed by atoms with E-state index in [2.05, 4.69) is 47.1 Å². The highest BCUT2D eigenvalue weighted by Gasteiger charge is 2.14. The van der Waals surface area contributed by atoms with Gasteiger partial charge in [-0.05, 0) is 43.8 Å². The second kappa shape index (κ2) is 7.14. The minimum Gasteiger partial charge on any atom is -0.268 e. The van der Waals surface area contributed by atoms with Crippen LogP contribution in [0.2, 0.25) is 0 Å². The topological polar surface area (TPSA) is 30.7 Å². The molecule has 0 radical (unpaired) electrons. The highest BCUT2D eigenvalue weighted by Crippen LogP contribution is 2.28. The Kier molecular flexibility index (Phi) is 4.98. The van der Waals surface area contributed by atoms with Gasteiger partial charge in [0, 0.05) is 23.0 Å². The Morgan fingerprint density at radius 1 is 1.14 bits per heavy atom. The highest BCUT2D eigenvalue weighted by molar-refractivity contribution is 7.98. The van der Waals surface area contributed by atoms with E-state index in [0.717, 1.165) is 30.4 Å². The van der Waals surface area contributed by atoms with Crippen molar-refractivity contribution in [1.82, 2.24) is 14.8 Å². The maximum absolute atomic E-state index is 4.80. The van der Waals surface area contributed by atoms with E-state index in [1.807, 2.05) is 18.0 Å². The molecule has 3 aromatic rings. The van der Waals surface area contributed by atoms with Crippen LogP contribution in [0.15, 0.2) is 30.5 Å². The summed E-state index contributed by atoms with van der Waals surface area (Å²) in [5.74, 6) is 1.24. The zero-order chi connectivity index (χ0) is 15.4. The average molecular weight is 313 g/mol. The summed E-state index contributed by atoms with van der Waals surface area (Å²) < 4.78 is 2.21. The number of para-hydroxylation sites is 1. The van der Waals surface area contributed by atoms with Gasteiger partial charge >= 0.3 is 0 Å². The summed E-state index contributed by atoms with van der Waals surface area (Å²) in [6, 6.07) is 8.41. The minimum absolute atomic E-state index is 0.987. The number of benzene rings is 1. The molecule has 0 bridgehead atoms. The van der Waals surface area contributed by atoms with Crippen LogP contribution < -0.4 is 0 Å². The zero-order valence-corrected chi connectivity index (χ0v) is 14.2. The van der Waals surface area contributed by atoms with Gasteiger partial charge in [-0.1, -0.05) is 25.1 Å². The number of thioether (sulfide) groups is 1. The molecule has 116 valence electrons. The summed E-state index contributed by atoms with van der Waals surface area (Å²) >= 11 is 1.93. The third-order valence-corrected chi connectivity index (χ3v) is 4.73. The van der Waals surface area contributed by atoms with Crippen molar-refractivity contribution in [1.29, 1.82) is 0 Å². The second-order valence-corrected chi connectivity index (χ2v) is 6.64. The summed E-state index contributed by atoms with van der Waals surface area (Å²) in [4.78, 5) is 4.55. The number of aromatic nitrogens is 3. The Morgan fingerprint density at radius 2 is 2.00 bits per heavy atom. The predicted octanol–water partition coefficient (Wildman–Crippen LogP) is 4.68. The maximum Gasteiger partial charge on any atom is 0.112 e. The molecular formula is C18H23N3S. The van der Waals surface area contributed by atoms with Gasteiger partial charge < -0.3 is 0 Å². The molecule has 3 nitrogen and oxygen atoms in total. The lowest BCUT2D eigenvalue weighted by Crippen LogP contribution is -2.04. The third-order valence-electron chi connectivity index (χ3n) is 4.03. The molecule has 0 amide bonds. The molecule has 22 heavy (non-hydrogen) atoms. The normalized spacial score (nSPS) is 11.5. The van der Waals surface area contributed by atoms with E-state index < -0.39 is 0 Å². The molecule has 3 rings (SSSR count). The van der Waals surface area contributed by atoms with Crippen LogP contribution in [-0.4, -0.2) is 26.8 Å². The summed E-state index contributed by atoms with van der Waals surface area (Å²) in [7, 11) is 0. The van der Waals surface area contributed by atoms with Gasteiger partial charge in [0.15, 0.2) is 0 Å². The summed E-state index contributed by atoms with van der Waals surface area (Å²) in [6.07, 6.45) is 8.80. The number of hydrogen-bond donors (Lipinski definition) is 0. The molecule has 0 aliphatic carbocycles. The van der Waals surface area contributed by atoms with Gasteiger partial charge in [-0.15, -0.1) is 0 Å². The van der Waals surface area contributed by atoms with Crippen LogP contribution in [0.5, 0.6) is 0 Å². The molecular weight excluding hydrogens is 290 g/mol. The lowest BCUT2D eigenvalue weighted by Gasteiger charge is -2.07. The van der Waals surface area contributed by atoms with Crippen LogP contribution in [0.4, 0.5) is 0 Å². The first-order chi connectivity index (χ1) is 10.8. The van der Waals surface area contributed by atoms with Crippen molar-refractivity contribution in [2.75, 3.05) is 12.0 Å². The molecule has 4 heteroatoms. The van der Waals surface area contributed by atoms with Gasteiger partial charge in [-0.2, -0.15) is 16.9 Å². The number of aryl methyl sites for hydroxylation is 2. The number of pyridine rings is 1. The molecule has 2 aromatic heterocycles. The van der Waals surface area contributed by atoms with Crippen LogP contribution >= 0.6 is 11.8 Å². The molecule has 0 unspecified atom stereocenters. The molecule has 0 aliphatic heterocycles. The molecule has 0 saturated carbocycles. The van der Waals surface area contributed by atoms with Gasteiger partial charge in [0.1, 0.15) is 5.52 Å². The lowest BCUT2D eigenvalue weighted by atomic mass is 10.1. The van der Waals surface area contributed by atoms with Crippen molar-refractivity contribution in [2.45, 2.75) is 39.2 Å². The highest BCUT2D eigenvalue weighted by atomic mass is 32.2. The van der Waals surface area contributed by atoms with E-state index in [1.165, 1.54) is 35.1 Å². The zero-order valence-electron chi connectivity index (χ0n) is 13.4. The SMILES string of the molecule is CCCn1nc2cnc3ccccc3c2c1CCCCSC. The Labute approximate surface area is 136 Å². The summed E-state index contributed by atoms with van der Waals surface area (Å²) in [5, 5.41) is 7.35. The van der Waals surface area contributed by atoms with Crippen molar-refractivity contribution in [3.05, 3.63) is 36.2 Å². The van der Waals surface area contributed by atoms with E-state index in [9.17, 15) is 0 Å². The van der Waals surface area contributed by atoms with Crippen molar-refractivity contribution < 1.29 is 0 Å². The molecule has 0 fully saturated rings. The fourth-order valence-corrected chi connectivity index (χ4v) is 3.51. The molecule has 2 heterocycles. The smallest absolute Gasteiger partial charge is 0.112 e. The Balaban J connectivity index is 2.07. The van der Waals surface area contributed by atoms with Gasteiger partial charge in [-0.25, -0.2) is 0 Å². The first kappa shape index (κ1) is 15.3. The number of unbranched alkanes of at least 4 members (excludes halogenated alkanes) is 1. The number of rotatable bonds is 7. The van der Waals surface area contributed by atoms with E-state index >= 15 is 0 Å². The fourth-order valence-electron chi connectivity index (χ4n) is 3.02. The first-order valence-electron chi connectivity index (χ1n) is 8.07. The number of fused-ring (bicyclic) bond motifs is 3. The maximum atomic E-state index is 4.80. The second-order valence-electron chi connectivity index (χ2n) is 5.66. The molecule has 0 N–H and O–H groups in total. The van der Waals surface area contributed by atoms with Gasteiger partial charge in [0.2, 0.25) is 0 Å². The van der Waals surface area contributed by atoms with E-state index in [-0.39, 0.29) is 0 Å². The van der Waals surface area contributed by atoms with E-state index in [1.54, 1.807) is 0 Å². The average Bonchev–Trinajstić information content (AvgIpc) is 2.90. The summed E-state index contributed by atoms with van der Waals surface area (Å²) in [6.45, 7) is 3.20. The van der Waals surface area contributed by atoms with Gasteiger partial charge in [0.25, 0.3) is 0 Å². The van der Waals surface area contributed by atoms with Gasteiger partial charge in [0.05, 0.1) is 11.7 Å². The first-order valence-corrected chi connectivity index (χ1v) is 9.46. The number of hydrogen-bond acceptors (Lipinski definition) is 3.